The number of hydrogen-bond acceptors (Lipinski definition) is 7. The van der Waals surface area contributed by atoms with E-state index in [0.717, 1.165) is 6.07 Å². The monoisotopic (exact) mass is 489 g/mol. The maximum absolute atomic E-state index is 14.8. The van der Waals surface area contributed by atoms with Gasteiger partial charge in [0.2, 0.25) is 11.6 Å². The van der Waals surface area contributed by atoms with Gasteiger partial charge in [0.25, 0.3) is 23.5 Å². The van der Waals surface area contributed by atoms with Gasteiger partial charge in [0, 0.05) is 55.8 Å². The Morgan fingerprint density at radius 2 is 1.67 bits per heavy atom. The van der Waals surface area contributed by atoms with Crippen molar-refractivity contribution in [1.82, 2.24) is 24.9 Å². The molecule has 1 fully saturated rings. The summed E-state index contributed by atoms with van der Waals surface area (Å²) in [6.07, 6.45) is 1.26. The molecule has 4 aromatic rings. The van der Waals surface area contributed by atoms with Gasteiger partial charge >= 0.3 is 0 Å². The second-order valence-corrected chi connectivity index (χ2v) is 8.31. The van der Waals surface area contributed by atoms with Crippen molar-refractivity contribution in [1.29, 1.82) is 0 Å². The molecule has 0 spiro atoms. The van der Waals surface area contributed by atoms with Crippen LogP contribution in [0.1, 0.15) is 38.3 Å². The fourth-order valence-electron chi connectivity index (χ4n) is 4.18. The number of ketones is 2. The molecule has 2 aromatic heterocycles. The van der Waals surface area contributed by atoms with Gasteiger partial charge in [-0.05, 0) is 24.3 Å². The molecule has 1 aliphatic rings. The quantitative estimate of drug-likeness (QED) is 0.337. The normalized spacial score (nSPS) is 13.7. The molecule has 0 bridgehead atoms. The summed E-state index contributed by atoms with van der Waals surface area (Å²) < 4.78 is 19.7. The van der Waals surface area contributed by atoms with E-state index in [4.69, 9.17) is 4.52 Å². The minimum atomic E-state index is -0.877. The van der Waals surface area contributed by atoms with Gasteiger partial charge in [-0.3, -0.25) is 19.2 Å². The number of hydrogen-bond donors (Lipinski definition) is 1. The molecule has 2 aromatic carbocycles. The van der Waals surface area contributed by atoms with E-state index in [1.165, 1.54) is 24.1 Å². The van der Waals surface area contributed by atoms with E-state index < -0.39 is 23.3 Å². The molecule has 2 amide bonds. The second-order valence-electron chi connectivity index (χ2n) is 8.31. The van der Waals surface area contributed by atoms with Crippen LogP contribution < -0.4 is 0 Å². The van der Waals surface area contributed by atoms with Crippen molar-refractivity contribution >= 4 is 34.3 Å². The smallest absolute Gasteiger partial charge is 0.295 e. The Morgan fingerprint density at radius 3 is 2.33 bits per heavy atom. The molecule has 1 N–H and O–H groups in total. The highest BCUT2D eigenvalue weighted by Gasteiger charge is 2.31. The van der Waals surface area contributed by atoms with Crippen LogP contribution in [0.25, 0.3) is 22.3 Å². The predicted molar refractivity (Wildman–Crippen MR) is 125 cm³/mol. The number of carbonyl (C=O) groups excluding carboxylic acids is 4. The van der Waals surface area contributed by atoms with Crippen LogP contribution in [0.5, 0.6) is 0 Å². The van der Waals surface area contributed by atoms with Gasteiger partial charge in [-0.25, -0.2) is 4.39 Å². The molecule has 0 aliphatic carbocycles. The molecule has 182 valence electrons. The number of rotatable bonds is 5. The minimum absolute atomic E-state index is 0.0385. The number of benzene rings is 2. The number of Topliss-reactive ketones (excluding diaryl/α,β-unsaturated/α-hetero) is 2. The SMILES string of the molecule is CC(=O)c1nc(-c2ccc(F)c3c(C(=O)C(=O)N4CCN(C(=O)c5ccccc5)CC4)c[nH]c23)no1. The van der Waals surface area contributed by atoms with E-state index in [2.05, 4.69) is 15.1 Å². The van der Waals surface area contributed by atoms with Crippen LogP contribution in [-0.2, 0) is 4.79 Å². The summed E-state index contributed by atoms with van der Waals surface area (Å²) >= 11 is 0. The van der Waals surface area contributed by atoms with E-state index in [-0.39, 0.29) is 60.3 Å². The van der Waals surface area contributed by atoms with Gasteiger partial charge in [-0.1, -0.05) is 23.4 Å². The standard InChI is InChI=1S/C25H20FN5O5/c1-14(32)23-28-22(29-36-23)16-7-8-18(26)19-17(13-27-20(16)19)21(33)25(35)31-11-9-30(10-12-31)24(34)15-5-3-2-4-6-15/h2-8,13,27H,9-12H2,1H3. The number of H-pyrrole nitrogens is 1. The lowest BCUT2D eigenvalue weighted by Crippen LogP contribution is -2.52. The molecular formula is C25H20FN5O5. The van der Waals surface area contributed by atoms with E-state index in [1.54, 1.807) is 29.2 Å². The Kier molecular flexibility index (Phi) is 5.88. The topological polar surface area (TPSA) is 129 Å². The molecule has 1 aliphatic heterocycles. The Balaban J connectivity index is 1.35. The fraction of sp³-hybridized carbons (Fsp3) is 0.200. The van der Waals surface area contributed by atoms with Gasteiger partial charge in [0.15, 0.2) is 0 Å². The second kappa shape index (κ2) is 9.17. The zero-order valence-electron chi connectivity index (χ0n) is 19.2. The van der Waals surface area contributed by atoms with Gasteiger partial charge < -0.3 is 19.3 Å². The Bertz CT molecular complexity index is 1500. The highest BCUT2D eigenvalue weighted by atomic mass is 19.1. The number of halogens is 1. The molecule has 5 rings (SSSR count). The summed E-state index contributed by atoms with van der Waals surface area (Å²) in [5.41, 5.74) is 0.922. The summed E-state index contributed by atoms with van der Waals surface area (Å²) in [6.45, 7) is 2.17. The van der Waals surface area contributed by atoms with Crippen molar-refractivity contribution in [2.45, 2.75) is 6.92 Å². The molecule has 1 saturated heterocycles. The molecule has 36 heavy (non-hydrogen) atoms. The van der Waals surface area contributed by atoms with E-state index >= 15 is 0 Å². The summed E-state index contributed by atoms with van der Waals surface area (Å²) in [7, 11) is 0. The number of nitrogens with zero attached hydrogens (tertiary/aromatic N) is 4. The first kappa shape index (κ1) is 23.1. The van der Waals surface area contributed by atoms with Crippen LogP contribution in [0.2, 0.25) is 0 Å². The molecule has 10 nitrogen and oxygen atoms in total. The summed E-state index contributed by atoms with van der Waals surface area (Å²) in [4.78, 5) is 60.0. The third-order valence-corrected chi connectivity index (χ3v) is 6.07. The van der Waals surface area contributed by atoms with Crippen LogP contribution in [0, 0.1) is 5.82 Å². The number of carbonyl (C=O) groups is 4. The van der Waals surface area contributed by atoms with Crippen molar-refractivity contribution in [3.05, 3.63) is 71.5 Å². The highest BCUT2D eigenvalue weighted by molar-refractivity contribution is 6.45. The van der Waals surface area contributed by atoms with Gasteiger partial charge in [0.1, 0.15) is 5.82 Å². The van der Waals surface area contributed by atoms with Crippen LogP contribution in [0.15, 0.2) is 53.2 Å². The number of aromatic amines is 1. The molecule has 3 heterocycles. The zero-order chi connectivity index (χ0) is 25.4. The van der Waals surface area contributed by atoms with Gasteiger partial charge in [-0.2, -0.15) is 4.98 Å². The number of aromatic nitrogens is 3. The highest BCUT2D eigenvalue weighted by Crippen LogP contribution is 2.31. The first-order valence-electron chi connectivity index (χ1n) is 11.2. The summed E-state index contributed by atoms with van der Waals surface area (Å²) in [5, 5.41) is 3.67. The average Bonchev–Trinajstić information content (AvgIpc) is 3.57. The summed E-state index contributed by atoms with van der Waals surface area (Å²) in [6, 6.07) is 11.3. The third-order valence-electron chi connectivity index (χ3n) is 6.07. The van der Waals surface area contributed by atoms with Crippen LogP contribution in [0.4, 0.5) is 4.39 Å². The number of nitrogens with one attached hydrogen (secondary N) is 1. The first-order valence-corrected chi connectivity index (χ1v) is 11.2. The lowest BCUT2D eigenvalue weighted by atomic mass is 10.0. The third kappa shape index (κ3) is 4.04. The molecule has 0 saturated carbocycles. The number of piperazine rings is 1. The van der Waals surface area contributed by atoms with Crippen molar-refractivity contribution < 1.29 is 28.1 Å². The lowest BCUT2D eigenvalue weighted by molar-refractivity contribution is -0.127. The van der Waals surface area contributed by atoms with Crippen LogP contribution in [0.3, 0.4) is 0 Å². The number of fused-ring (bicyclic) bond motifs is 1. The Labute approximate surface area is 203 Å². The van der Waals surface area contributed by atoms with Crippen molar-refractivity contribution in [2.75, 3.05) is 26.2 Å². The largest absolute Gasteiger partial charge is 0.360 e. The molecule has 0 radical (unpaired) electrons. The molecular weight excluding hydrogens is 469 g/mol. The molecule has 0 unspecified atom stereocenters. The Morgan fingerprint density at radius 1 is 0.972 bits per heavy atom. The lowest BCUT2D eigenvalue weighted by Gasteiger charge is -2.34. The first-order chi connectivity index (χ1) is 17.3. The van der Waals surface area contributed by atoms with E-state index in [9.17, 15) is 23.6 Å². The van der Waals surface area contributed by atoms with Crippen molar-refractivity contribution in [3.63, 3.8) is 0 Å². The van der Waals surface area contributed by atoms with Crippen LogP contribution in [-0.4, -0.2) is 74.5 Å². The Hall–Kier alpha value is -4.67. The maximum atomic E-state index is 14.8. The predicted octanol–water partition coefficient (Wildman–Crippen LogP) is 2.73. The van der Waals surface area contributed by atoms with Gasteiger partial charge in [-0.15, -0.1) is 0 Å². The average molecular weight is 489 g/mol. The van der Waals surface area contributed by atoms with E-state index in [1.807, 2.05) is 6.07 Å². The fourth-order valence-corrected chi connectivity index (χ4v) is 4.18. The van der Waals surface area contributed by atoms with Crippen molar-refractivity contribution in [2.24, 2.45) is 0 Å². The molecule has 11 heteroatoms. The maximum Gasteiger partial charge on any atom is 0.295 e. The molecule has 0 atom stereocenters. The van der Waals surface area contributed by atoms with Crippen molar-refractivity contribution in [3.8, 4) is 11.4 Å². The van der Waals surface area contributed by atoms with Crippen LogP contribution >= 0.6 is 0 Å². The zero-order valence-corrected chi connectivity index (χ0v) is 19.2. The van der Waals surface area contributed by atoms with E-state index in [0.29, 0.717) is 11.1 Å². The number of amides is 2. The minimum Gasteiger partial charge on any atom is -0.360 e. The van der Waals surface area contributed by atoms with Gasteiger partial charge in [0.05, 0.1) is 11.1 Å². The summed E-state index contributed by atoms with van der Waals surface area (Å²) in [5.74, 6) is -3.11.